The standard InChI is InChI=1S/C14H16INP/c1-2-17(16-15,13-9-5-3-6-10-13)14-11-7-4-8-12-14/h3-12,16H,2H2,1H3/q+1. The minimum absolute atomic E-state index is 1.13. The van der Waals surface area contributed by atoms with E-state index in [9.17, 15) is 0 Å². The van der Waals surface area contributed by atoms with Gasteiger partial charge in [-0.2, -0.15) is 0 Å². The van der Waals surface area contributed by atoms with E-state index < -0.39 is 7.41 Å². The van der Waals surface area contributed by atoms with Crippen molar-refractivity contribution in [2.75, 3.05) is 6.16 Å². The van der Waals surface area contributed by atoms with Gasteiger partial charge in [0.15, 0.2) is 7.41 Å². The summed E-state index contributed by atoms with van der Waals surface area (Å²) in [6, 6.07) is 21.6. The van der Waals surface area contributed by atoms with Crippen LogP contribution in [0.2, 0.25) is 0 Å². The summed E-state index contributed by atoms with van der Waals surface area (Å²) < 4.78 is 3.58. The molecule has 1 nitrogen and oxygen atoms in total. The third kappa shape index (κ3) is 2.54. The van der Waals surface area contributed by atoms with E-state index in [1.807, 2.05) is 0 Å². The van der Waals surface area contributed by atoms with Crippen LogP contribution in [0.25, 0.3) is 0 Å². The molecule has 0 bridgehead atoms. The highest BCUT2D eigenvalue weighted by Crippen LogP contribution is 2.52. The number of hydrogen-bond acceptors (Lipinski definition) is 1. The Morgan fingerprint density at radius 1 is 0.882 bits per heavy atom. The summed E-state index contributed by atoms with van der Waals surface area (Å²) >= 11 is 2.31. The topological polar surface area (TPSA) is 12.0 Å². The highest BCUT2D eigenvalue weighted by Gasteiger charge is 2.40. The zero-order valence-electron chi connectivity index (χ0n) is 9.81. The third-order valence-electron chi connectivity index (χ3n) is 3.01. The Labute approximate surface area is 118 Å². The van der Waals surface area contributed by atoms with E-state index in [0.29, 0.717) is 0 Å². The average molecular weight is 356 g/mol. The summed E-state index contributed by atoms with van der Waals surface area (Å²) in [5, 5.41) is 2.84. The molecule has 17 heavy (non-hydrogen) atoms. The van der Waals surface area contributed by atoms with Gasteiger partial charge in [0.25, 0.3) is 0 Å². The molecule has 2 rings (SSSR count). The van der Waals surface area contributed by atoms with Gasteiger partial charge in [0.05, 0.1) is 29.0 Å². The van der Waals surface area contributed by atoms with Gasteiger partial charge in [0.1, 0.15) is 10.6 Å². The molecule has 0 aromatic heterocycles. The number of rotatable bonds is 4. The third-order valence-corrected chi connectivity index (χ3v) is 9.08. The molecule has 2 aromatic rings. The highest BCUT2D eigenvalue weighted by atomic mass is 127. The van der Waals surface area contributed by atoms with Crippen LogP contribution in [0.15, 0.2) is 60.7 Å². The fraction of sp³-hybridized carbons (Fsp3) is 0.143. The Morgan fingerprint density at radius 2 is 1.29 bits per heavy atom. The van der Waals surface area contributed by atoms with Crippen molar-refractivity contribution in [3.63, 3.8) is 0 Å². The Bertz CT molecular complexity index is 413. The smallest absolute Gasteiger partial charge is 0.124 e. The first-order valence-electron chi connectivity index (χ1n) is 5.70. The quantitative estimate of drug-likeness (QED) is 0.502. The van der Waals surface area contributed by atoms with Crippen LogP contribution in [0.4, 0.5) is 0 Å². The summed E-state index contributed by atoms with van der Waals surface area (Å²) in [4.78, 5) is 0. The van der Waals surface area contributed by atoms with Gasteiger partial charge >= 0.3 is 0 Å². The van der Waals surface area contributed by atoms with E-state index in [-0.39, 0.29) is 0 Å². The Balaban J connectivity index is 2.54. The Hall–Kier alpha value is -0.440. The second-order valence-corrected chi connectivity index (χ2v) is 8.78. The van der Waals surface area contributed by atoms with Crippen LogP contribution < -0.4 is 13.9 Å². The molecule has 0 radical (unpaired) electrons. The first kappa shape index (κ1) is 13.0. The van der Waals surface area contributed by atoms with Crippen molar-refractivity contribution in [2.24, 2.45) is 0 Å². The zero-order valence-corrected chi connectivity index (χ0v) is 12.9. The summed E-state index contributed by atoms with van der Waals surface area (Å²) in [5.74, 6) is 0. The number of halogens is 1. The predicted molar refractivity (Wildman–Crippen MR) is 86.8 cm³/mol. The zero-order chi connectivity index (χ0) is 12.1. The van der Waals surface area contributed by atoms with Gasteiger partial charge in [-0.05, 0) is 31.2 Å². The fourth-order valence-corrected chi connectivity index (χ4v) is 7.44. The maximum Gasteiger partial charge on any atom is 0.155 e. The maximum atomic E-state index is 3.58. The van der Waals surface area contributed by atoms with Crippen molar-refractivity contribution in [1.82, 2.24) is 3.30 Å². The number of benzene rings is 2. The summed E-state index contributed by atoms with van der Waals surface area (Å²) in [6.07, 6.45) is 1.13. The second kappa shape index (κ2) is 5.94. The van der Waals surface area contributed by atoms with E-state index in [2.05, 4.69) is 93.8 Å². The van der Waals surface area contributed by atoms with Crippen LogP contribution in [0.1, 0.15) is 6.92 Å². The van der Waals surface area contributed by atoms with Crippen molar-refractivity contribution < 1.29 is 0 Å². The lowest BCUT2D eigenvalue weighted by Gasteiger charge is -2.23. The van der Waals surface area contributed by atoms with Crippen molar-refractivity contribution in [3.8, 4) is 0 Å². The molecular formula is C14H16INP+. The van der Waals surface area contributed by atoms with Gasteiger partial charge in [-0.1, -0.05) is 36.4 Å². The lowest BCUT2D eigenvalue weighted by molar-refractivity contribution is 1.44. The lowest BCUT2D eigenvalue weighted by atomic mass is 10.4. The van der Waals surface area contributed by atoms with Gasteiger partial charge in [-0.3, -0.25) is 0 Å². The van der Waals surface area contributed by atoms with Crippen LogP contribution >= 0.6 is 30.3 Å². The van der Waals surface area contributed by atoms with E-state index in [1.165, 1.54) is 10.6 Å². The number of nitrogens with one attached hydrogen (secondary N) is 1. The van der Waals surface area contributed by atoms with Crippen molar-refractivity contribution in [1.29, 1.82) is 0 Å². The van der Waals surface area contributed by atoms with Gasteiger partial charge < -0.3 is 0 Å². The molecule has 0 saturated heterocycles. The normalized spacial score (nSPS) is 11.4. The number of hydrogen-bond donors (Lipinski definition) is 1. The minimum Gasteiger partial charge on any atom is -0.124 e. The second-order valence-electron chi connectivity index (χ2n) is 3.88. The maximum absolute atomic E-state index is 3.58. The van der Waals surface area contributed by atoms with Gasteiger partial charge in [-0.25, -0.2) is 0 Å². The van der Waals surface area contributed by atoms with Gasteiger partial charge in [0.2, 0.25) is 0 Å². The van der Waals surface area contributed by atoms with Crippen LogP contribution in [-0.4, -0.2) is 6.16 Å². The minimum atomic E-state index is -1.43. The van der Waals surface area contributed by atoms with E-state index in [0.717, 1.165) is 6.16 Å². The van der Waals surface area contributed by atoms with Gasteiger partial charge in [-0.15, -0.1) is 3.30 Å². The van der Waals surface area contributed by atoms with Crippen LogP contribution in [0.3, 0.4) is 0 Å². The molecule has 1 N–H and O–H groups in total. The molecular weight excluding hydrogens is 340 g/mol. The largest absolute Gasteiger partial charge is 0.155 e. The first-order valence-corrected chi connectivity index (χ1v) is 8.76. The molecule has 0 aliphatic carbocycles. The van der Waals surface area contributed by atoms with E-state index in [1.54, 1.807) is 0 Å². The first-order chi connectivity index (χ1) is 8.33. The average Bonchev–Trinajstić information content (AvgIpc) is 2.43. The molecule has 0 aliphatic heterocycles. The molecule has 88 valence electrons. The highest BCUT2D eigenvalue weighted by molar-refractivity contribution is 14.1. The molecule has 0 aliphatic rings. The van der Waals surface area contributed by atoms with Crippen molar-refractivity contribution >= 4 is 40.9 Å². The lowest BCUT2D eigenvalue weighted by Crippen LogP contribution is -2.30. The van der Waals surface area contributed by atoms with Crippen molar-refractivity contribution in [3.05, 3.63) is 60.7 Å². The van der Waals surface area contributed by atoms with Crippen LogP contribution in [0.5, 0.6) is 0 Å². The fourth-order valence-electron chi connectivity index (χ4n) is 2.04. The summed E-state index contributed by atoms with van der Waals surface area (Å²) in [6.45, 7) is 2.26. The molecule has 0 amide bonds. The molecule has 3 heteroatoms. The summed E-state index contributed by atoms with van der Waals surface area (Å²) in [5.41, 5.74) is 0. The SMILES string of the molecule is CC[P+](NI)(c1ccccc1)c1ccccc1. The summed E-state index contributed by atoms with van der Waals surface area (Å²) in [7, 11) is -1.43. The molecule has 0 heterocycles. The van der Waals surface area contributed by atoms with Gasteiger partial charge in [0, 0.05) is 0 Å². The molecule has 0 spiro atoms. The molecule has 0 saturated carbocycles. The van der Waals surface area contributed by atoms with E-state index >= 15 is 0 Å². The predicted octanol–water partition coefficient (Wildman–Crippen LogP) is 3.53. The molecule has 2 aromatic carbocycles. The Morgan fingerprint density at radius 3 is 1.59 bits per heavy atom. The molecule has 0 fully saturated rings. The van der Waals surface area contributed by atoms with E-state index in [4.69, 9.17) is 0 Å². The molecule has 0 atom stereocenters. The van der Waals surface area contributed by atoms with Crippen LogP contribution in [-0.2, 0) is 0 Å². The monoisotopic (exact) mass is 356 g/mol. The molecule has 0 unspecified atom stereocenters. The Kier molecular flexibility index (Phi) is 4.55. The van der Waals surface area contributed by atoms with Crippen molar-refractivity contribution in [2.45, 2.75) is 6.92 Å². The van der Waals surface area contributed by atoms with Crippen LogP contribution in [0, 0.1) is 0 Å².